The summed E-state index contributed by atoms with van der Waals surface area (Å²) in [5, 5.41) is 0.549. The fourth-order valence-electron chi connectivity index (χ4n) is 2.44. The Morgan fingerprint density at radius 2 is 2.11 bits per heavy atom. The molecule has 1 aliphatic rings. The monoisotopic (exact) mass is 261 g/mol. The van der Waals surface area contributed by atoms with Gasteiger partial charge in [0.25, 0.3) is 0 Å². The number of pyridine rings is 1. The molecule has 0 unspecified atom stereocenters. The Hall–Kier alpha value is -2.01. The summed E-state index contributed by atoms with van der Waals surface area (Å²) in [7, 11) is 3.13. The standard InChI is InChI=1S/C14H15NO4/c1-17-8-5-11-13(12(6-8)18-2)14(16)9-7-19-4-3-10(9)15-11/h5-6H,3-4,7H2,1-2H3,(H,15,16). The Morgan fingerprint density at radius 3 is 2.84 bits per heavy atom. The molecule has 0 bridgehead atoms. The first-order valence-corrected chi connectivity index (χ1v) is 6.12. The van der Waals surface area contributed by atoms with E-state index in [1.54, 1.807) is 20.3 Å². The summed E-state index contributed by atoms with van der Waals surface area (Å²) in [5.74, 6) is 1.18. The highest BCUT2D eigenvalue weighted by molar-refractivity contribution is 5.87. The molecule has 19 heavy (non-hydrogen) atoms. The van der Waals surface area contributed by atoms with Crippen molar-refractivity contribution in [1.82, 2.24) is 4.98 Å². The molecule has 3 rings (SSSR count). The summed E-state index contributed by atoms with van der Waals surface area (Å²) in [6.07, 6.45) is 0.722. The van der Waals surface area contributed by atoms with Crippen molar-refractivity contribution in [2.45, 2.75) is 13.0 Å². The smallest absolute Gasteiger partial charge is 0.198 e. The number of hydrogen-bond donors (Lipinski definition) is 1. The third-order valence-corrected chi connectivity index (χ3v) is 3.43. The summed E-state index contributed by atoms with van der Waals surface area (Å²) in [4.78, 5) is 15.8. The average molecular weight is 261 g/mol. The molecule has 0 aliphatic carbocycles. The number of fused-ring (bicyclic) bond motifs is 2. The van der Waals surface area contributed by atoms with E-state index in [4.69, 9.17) is 14.2 Å². The molecule has 0 saturated heterocycles. The largest absolute Gasteiger partial charge is 0.497 e. The molecule has 2 aromatic rings. The molecule has 2 heterocycles. The van der Waals surface area contributed by atoms with Gasteiger partial charge in [0.1, 0.15) is 11.5 Å². The zero-order valence-electron chi connectivity index (χ0n) is 10.9. The van der Waals surface area contributed by atoms with Crippen molar-refractivity contribution < 1.29 is 14.2 Å². The molecule has 0 fully saturated rings. The average Bonchev–Trinajstić information content (AvgIpc) is 2.46. The number of rotatable bonds is 2. The molecular formula is C14H15NO4. The molecule has 0 amide bonds. The highest BCUT2D eigenvalue weighted by atomic mass is 16.5. The second-order valence-electron chi connectivity index (χ2n) is 4.47. The third-order valence-electron chi connectivity index (χ3n) is 3.43. The SMILES string of the molecule is COc1cc(OC)c2c(=O)c3c([nH]c2c1)CCOC3. The second-order valence-corrected chi connectivity index (χ2v) is 4.47. The Morgan fingerprint density at radius 1 is 1.26 bits per heavy atom. The Balaban J connectivity index is 2.38. The van der Waals surface area contributed by atoms with Gasteiger partial charge in [-0.3, -0.25) is 4.79 Å². The first-order valence-electron chi connectivity index (χ1n) is 6.12. The minimum absolute atomic E-state index is 0.0250. The van der Waals surface area contributed by atoms with E-state index < -0.39 is 0 Å². The highest BCUT2D eigenvalue weighted by Crippen LogP contribution is 2.29. The molecule has 100 valence electrons. The van der Waals surface area contributed by atoms with Crippen LogP contribution < -0.4 is 14.9 Å². The zero-order chi connectivity index (χ0) is 13.4. The highest BCUT2D eigenvalue weighted by Gasteiger charge is 2.19. The van der Waals surface area contributed by atoms with E-state index in [-0.39, 0.29) is 5.43 Å². The second kappa shape index (κ2) is 4.59. The van der Waals surface area contributed by atoms with Gasteiger partial charge in [0.2, 0.25) is 0 Å². The van der Waals surface area contributed by atoms with Crippen LogP contribution in [-0.4, -0.2) is 25.8 Å². The molecular weight excluding hydrogens is 246 g/mol. The molecule has 1 aromatic heterocycles. The molecule has 1 N–H and O–H groups in total. The molecule has 0 radical (unpaired) electrons. The molecule has 0 saturated carbocycles. The van der Waals surface area contributed by atoms with Crippen molar-refractivity contribution in [3.63, 3.8) is 0 Å². The van der Waals surface area contributed by atoms with Crippen LogP contribution in [0.2, 0.25) is 0 Å². The van der Waals surface area contributed by atoms with Gasteiger partial charge < -0.3 is 19.2 Å². The maximum Gasteiger partial charge on any atom is 0.198 e. The van der Waals surface area contributed by atoms with E-state index in [0.717, 1.165) is 17.6 Å². The number of aromatic nitrogens is 1. The lowest BCUT2D eigenvalue weighted by Gasteiger charge is -2.17. The van der Waals surface area contributed by atoms with Crippen molar-refractivity contribution in [1.29, 1.82) is 0 Å². The predicted octanol–water partition coefficient (Wildman–Crippen LogP) is 1.62. The van der Waals surface area contributed by atoms with Gasteiger partial charge in [0.15, 0.2) is 5.43 Å². The molecule has 5 heteroatoms. The van der Waals surface area contributed by atoms with Gasteiger partial charge in [-0.2, -0.15) is 0 Å². The normalized spacial score (nSPS) is 14.2. The predicted molar refractivity (Wildman–Crippen MR) is 71.0 cm³/mol. The van der Waals surface area contributed by atoms with E-state index in [1.807, 2.05) is 6.07 Å². The molecule has 0 atom stereocenters. The van der Waals surface area contributed by atoms with Crippen LogP contribution in [0.5, 0.6) is 11.5 Å². The quantitative estimate of drug-likeness (QED) is 0.892. The lowest BCUT2D eigenvalue weighted by atomic mass is 10.0. The molecule has 5 nitrogen and oxygen atoms in total. The van der Waals surface area contributed by atoms with Crippen molar-refractivity contribution in [3.8, 4) is 11.5 Å². The summed E-state index contributed by atoms with van der Waals surface area (Å²) >= 11 is 0. The first-order chi connectivity index (χ1) is 9.24. The van der Waals surface area contributed by atoms with Crippen LogP contribution in [0, 0.1) is 0 Å². The van der Waals surface area contributed by atoms with Crippen LogP contribution in [0.1, 0.15) is 11.3 Å². The van der Waals surface area contributed by atoms with Gasteiger partial charge >= 0.3 is 0 Å². The van der Waals surface area contributed by atoms with Crippen LogP contribution >= 0.6 is 0 Å². The number of nitrogens with one attached hydrogen (secondary N) is 1. The van der Waals surface area contributed by atoms with Crippen molar-refractivity contribution in [2.24, 2.45) is 0 Å². The molecule has 0 spiro atoms. The van der Waals surface area contributed by atoms with Gasteiger partial charge in [-0.15, -0.1) is 0 Å². The fourth-order valence-corrected chi connectivity index (χ4v) is 2.44. The van der Waals surface area contributed by atoms with Crippen LogP contribution in [0.4, 0.5) is 0 Å². The van der Waals surface area contributed by atoms with E-state index in [0.29, 0.717) is 35.7 Å². The maximum absolute atomic E-state index is 12.5. The number of H-pyrrole nitrogens is 1. The number of methoxy groups -OCH3 is 2. The number of aromatic amines is 1. The van der Waals surface area contributed by atoms with Crippen LogP contribution in [-0.2, 0) is 17.8 Å². The first kappa shape index (κ1) is 12.0. The van der Waals surface area contributed by atoms with Gasteiger partial charge in [-0.05, 0) is 0 Å². The van der Waals surface area contributed by atoms with Crippen molar-refractivity contribution in [2.75, 3.05) is 20.8 Å². The topological polar surface area (TPSA) is 60.5 Å². The van der Waals surface area contributed by atoms with E-state index in [2.05, 4.69) is 4.98 Å². The number of ether oxygens (including phenoxy) is 3. The van der Waals surface area contributed by atoms with E-state index in [1.165, 1.54) is 0 Å². The van der Waals surface area contributed by atoms with Gasteiger partial charge in [0.05, 0.1) is 38.3 Å². The summed E-state index contributed by atoms with van der Waals surface area (Å²) in [5.41, 5.74) is 2.35. The number of hydrogen-bond acceptors (Lipinski definition) is 4. The summed E-state index contributed by atoms with van der Waals surface area (Å²) < 4.78 is 15.9. The van der Waals surface area contributed by atoms with Crippen LogP contribution in [0.25, 0.3) is 10.9 Å². The minimum Gasteiger partial charge on any atom is -0.497 e. The Labute approximate surface area is 110 Å². The summed E-state index contributed by atoms with van der Waals surface area (Å²) in [6.45, 7) is 0.991. The molecule has 1 aliphatic heterocycles. The lowest BCUT2D eigenvalue weighted by Crippen LogP contribution is -2.22. The van der Waals surface area contributed by atoms with Crippen LogP contribution in [0.15, 0.2) is 16.9 Å². The van der Waals surface area contributed by atoms with Gasteiger partial charge in [-0.25, -0.2) is 0 Å². The Bertz CT molecular complexity index is 690. The van der Waals surface area contributed by atoms with Gasteiger partial charge in [0, 0.05) is 29.8 Å². The summed E-state index contributed by atoms with van der Waals surface area (Å²) in [6, 6.07) is 3.53. The van der Waals surface area contributed by atoms with E-state index >= 15 is 0 Å². The molecule has 1 aromatic carbocycles. The number of benzene rings is 1. The van der Waals surface area contributed by atoms with Crippen molar-refractivity contribution >= 4 is 10.9 Å². The van der Waals surface area contributed by atoms with Crippen molar-refractivity contribution in [3.05, 3.63) is 33.6 Å². The maximum atomic E-state index is 12.5. The third kappa shape index (κ3) is 1.86. The van der Waals surface area contributed by atoms with E-state index in [9.17, 15) is 4.79 Å². The van der Waals surface area contributed by atoms with Crippen LogP contribution in [0.3, 0.4) is 0 Å². The minimum atomic E-state index is -0.0250. The Kier molecular flexibility index (Phi) is 2.91. The zero-order valence-corrected chi connectivity index (χ0v) is 10.9. The van der Waals surface area contributed by atoms with Gasteiger partial charge in [-0.1, -0.05) is 0 Å². The lowest BCUT2D eigenvalue weighted by molar-refractivity contribution is 0.108. The fraction of sp³-hybridized carbons (Fsp3) is 0.357.